The summed E-state index contributed by atoms with van der Waals surface area (Å²) < 4.78 is 0. The highest BCUT2D eigenvalue weighted by atomic mass is 35.5. The average molecular weight is 403 g/mol. The number of nitrogens with one attached hydrogen (secondary N) is 1. The molecule has 0 heterocycles. The van der Waals surface area contributed by atoms with Crippen molar-refractivity contribution in [1.29, 1.82) is 0 Å². The number of thioether (sulfide) groups is 1. The van der Waals surface area contributed by atoms with Crippen molar-refractivity contribution in [1.82, 2.24) is 5.32 Å². The van der Waals surface area contributed by atoms with E-state index in [0.717, 1.165) is 22.1 Å². The van der Waals surface area contributed by atoms with Gasteiger partial charge < -0.3 is 5.32 Å². The molecule has 128 valence electrons. The smallest absolute Gasteiger partial charge is 0.220 e. The molecule has 6 heteroatoms. The van der Waals surface area contributed by atoms with Gasteiger partial charge in [0.2, 0.25) is 5.91 Å². The molecule has 0 aliphatic heterocycles. The Morgan fingerprint density at radius 3 is 2.42 bits per heavy atom. The predicted molar refractivity (Wildman–Crippen MR) is 105 cm³/mol. The van der Waals surface area contributed by atoms with Crippen LogP contribution in [0.3, 0.4) is 0 Å². The van der Waals surface area contributed by atoms with Crippen LogP contribution in [0, 0.1) is 0 Å². The van der Waals surface area contributed by atoms with E-state index in [0.29, 0.717) is 29.4 Å². The molecular weight excluding hydrogens is 385 g/mol. The molecule has 2 nitrogen and oxygen atoms in total. The molecule has 2 aromatic rings. The van der Waals surface area contributed by atoms with Crippen LogP contribution in [0.5, 0.6) is 0 Å². The third-order valence-electron chi connectivity index (χ3n) is 3.39. The van der Waals surface area contributed by atoms with Crippen LogP contribution in [0.1, 0.15) is 17.5 Å². The molecule has 0 bridgehead atoms. The Morgan fingerprint density at radius 2 is 1.71 bits per heavy atom. The lowest BCUT2D eigenvalue weighted by molar-refractivity contribution is -0.120. The Kier molecular flexibility index (Phi) is 8.26. The minimum Gasteiger partial charge on any atom is -0.355 e. The normalized spacial score (nSPS) is 10.6. The topological polar surface area (TPSA) is 29.1 Å². The summed E-state index contributed by atoms with van der Waals surface area (Å²) in [4.78, 5) is 11.9. The molecule has 0 saturated heterocycles. The van der Waals surface area contributed by atoms with Crippen molar-refractivity contribution in [2.45, 2.75) is 18.6 Å². The largest absolute Gasteiger partial charge is 0.355 e. The van der Waals surface area contributed by atoms with E-state index in [-0.39, 0.29) is 5.91 Å². The maximum Gasteiger partial charge on any atom is 0.220 e. The fourth-order valence-corrected chi connectivity index (χ4v) is 3.54. The van der Waals surface area contributed by atoms with Gasteiger partial charge >= 0.3 is 0 Å². The molecule has 1 amide bonds. The van der Waals surface area contributed by atoms with Gasteiger partial charge in [-0.05, 0) is 41.8 Å². The Labute approximate surface area is 161 Å². The van der Waals surface area contributed by atoms with Gasteiger partial charge in [0.15, 0.2) is 0 Å². The first-order valence-corrected chi connectivity index (χ1v) is 9.86. The van der Waals surface area contributed by atoms with Crippen LogP contribution in [0.2, 0.25) is 15.1 Å². The number of hydrogen-bond acceptors (Lipinski definition) is 2. The lowest BCUT2D eigenvalue weighted by atomic mass is 10.1. The zero-order chi connectivity index (χ0) is 17.4. The summed E-state index contributed by atoms with van der Waals surface area (Å²) in [6, 6.07) is 13.2. The van der Waals surface area contributed by atoms with Gasteiger partial charge in [0.25, 0.3) is 0 Å². The van der Waals surface area contributed by atoms with E-state index in [9.17, 15) is 4.79 Å². The Balaban J connectivity index is 1.60. The van der Waals surface area contributed by atoms with Crippen molar-refractivity contribution in [3.05, 3.63) is 68.7 Å². The van der Waals surface area contributed by atoms with Gasteiger partial charge in [0.1, 0.15) is 0 Å². The molecule has 0 spiro atoms. The van der Waals surface area contributed by atoms with Crippen LogP contribution in [-0.4, -0.2) is 18.2 Å². The average Bonchev–Trinajstić information content (AvgIpc) is 2.55. The first kappa shape index (κ1) is 19.5. The number of halogens is 3. The molecule has 0 fully saturated rings. The van der Waals surface area contributed by atoms with E-state index in [2.05, 4.69) is 5.32 Å². The number of aryl methyl sites for hydroxylation is 1. The molecule has 0 saturated carbocycles. The summed E-state index contributed by atoms with van der Waals surface area (Å²) in [5, 5.41) is 4.88. The first-order valence-electron chi connectivity index (χ1n) is 7.57. The number of carbonyl (C=O) groups is 1. The highest BCUT2D eigenvalue weighted by Crippen LogP contribution is 2.22. The van der Waals surface area contributed by atoms with E-state index in [1.165, 1.54) is 5.56 Å². The molecule has 2 rings (SSSR count). The van der Waals surface area contributed by atoms with Gasteiger partial charge in [-0.2, -0.15) is 11.8 Å². The molecule has 0 unspecified atom stereocenters. The summed E-state index contributed by atoms with van der Waals surface area (Å²) in [6.45, 7) is 0.658. The zero-order valence-corrected chi connectivity index (χ0v) is 16.1. The van der Waals surface area contributed by atoms with Gasteiger partial charge in [-0.15, -0.1) is 0 Å². The highest BCUT2D eigenvalue weighted by molar-refractivity contribution is 7.98. The molecule has 0 atom stereocenters. The fraction of sp³-hybridized carbons (Fsp3) is 0.278. The quantitative estimate of drug-likeness (QED) is 0.580. The van der Waals surface area contributed by atoms with Crippen molar-refractivity contribution in [3.8, 4) is 0 Å². The van der Waals surface area contributed by atoms with Gasteiger partial charge in [-0.3, -0.25) is 4.79 Å². The Hall–Kier alpha value is -0.870. The number of rotatable bonds is 8. The number of hydrogen-bond donors (Lipinski definition) is 1. The second-order valence-electron chi connectivity index (χ2n) is 5.26. The summed E-state index contributed by atoms with van der Waals surface area (Å²) in [6.07, 6.45) is 1.03. The molecule has 0 aromatic heterocycles. The molecule has 1 N–H and O–H groups in total. The zero-order valence-electron chi connectivity index (χ0n) is 13.0. The Bertz CT molecular complexity index is 676. The first-order chi connectivity index (χ1) is 11.5. The summed E-state index contributed by atoms with van der Waals surface area (Å²) in [7, 11) is 0. The van der Waals surface area contributed by atoms with Crippen molar-refractivity contribution >= 4 is 52.5 Å². The predicted octanol–water partition coefficient (Wildman–Crippen LogP) is 5.63. The van der Waals surface area contributed by atoms with Crippen LogP contribution in [0.4, 0.5) is 0 Å². The second-order valence-corrected chi connectivity index (χ2v) is 7.65. The summed E-state index contributed by atoms with van der Waals surface area (Å²) in [5.74, 6) is 1.82. The maximum atomic E-state index is 11.9. The molecular formula is C18H18Cl3NOS. The standard InChI is InChI=1S/C18H18Cl3NOS/c19-15-5-1-13(2-6-15)12-24-10-9-22-18(23)8-4-14-3-7-16(20)11-17(14)21/h1-3,5-7,11H,4,8-10,12H2,(H,22,23). The van der Waals surface area contributed by atoms with E-state index in [4.69, 9.17) is 34.8 Å². The minimum atomic E-state index is 0.0353. The summed E-state index contributed by atoms with van der Waals surface area (Å²) in [5.41, 5.74) is 2.17. The Morgan fingerprint density at radius 1 is 1.00 bits per heavy atom. The highest BCUT2D eigenvalue weighted by Gasteiger charge is 2.05. The number of amides is 1. The van der Waals surface area contributed by atoms with Gasteiger partial charge in [-0.25, -0.2) is 0 Å². The van der Waals surface area contributed by atoms with Crippen molar-refractivity contribution in [3.63, 3.8) is 0 Å². The third kappa shape index (κ3) is 6.94. The van der Waals surface area contributed by atoms with Crippen LogP contribution in [0.15, 0.2) is 42.5 Å². The second kappa shape index (κ2) is 10.2. The van der Waals surface area contributed by atoms with E-state index >= 15 is 0 Å². The molecule has 24 heavy (non-hydrogen) atoms. The molecule has 2 aromatic carbocycles. The summed E-state index contributed by atoms with van der Waals surface area (Å²) >= 11 is 19.6. The molecule has 0 radical (unpaired) electrons. The molecule has 0 aliphatic carbocycles. The SMILES string of the molecule is O=C(CCc1ccc(Cl)cc1Cl)NCCSCc1ccc(Cl)cc1. The van der Waals surface area contributed by atoms with Crippen molar-refractivity contribution in [2.75, 3.05) is 12.3 Å². The van der Waals surface area contributed by atoms with Crippen molar-refractivity contribution in [2.24, 2.45) is 0 Å². The van der Waals surface area contributed by atoms with E-state index < -0.39 is 0 Å². The molecule has 0 aliphatic rings. The van der Waals surface area contributed by atoms with E-state index in [1.807, 2.05) is 30.3 Å². The van der Waals surface area contributed by atoms with Gasteiger partial charge in [-0.1, -0.05) is 53.0 Å². The lowest BCUT2D eigenvalue weighted by Crippen LogP contribution is -2.25. The van der Waals surface area contributed by atoms with Crippen LogP contribution >= 0.6 is 46.6 Å². The third-order valence-corrected chi connectivity index (χ3v) is 5.26. The van der Waals surface area contributed by atoms with Gasteiger partial charge in [0.05, 0.1) is 0 Å². The van der Waals surface area contributed by atoms with Crippen LogP contribution in [0.25, 0.3) is 0 Å². The van der Waals surface area contributed by atoms with E-state index in [1.54, 1.807) is 23.9 Å². The monoisotopic (exact) mass is 401 g/mol. The minimum absolute atomic E-state index is 0.0353. The van der Waals surface area contributed by atoms with Crippen LogP contribution < -0.4 is 5.32 Å². The number of benzene rings is 2. The fourth-order valence-electron chi connectivity index (χ4n) is 2.09. The van der Waals surface area contributed by atoms with Crippen LogP contribution in [-0.2, 0) is 17.0 Å². The maximum absolute atomic E-state index is 11.9. The van der Waals surface area contributed by atoms with Gasteiger partial charge in [0, 0.05) is 39.5 Å². The van der Waals surface area contributed by atoms with Crippen molar-refractivity contribution < 1.29 is 4.79 Å². The lowest BCUT2D eigenvalue weighted by Gasteiger charge is -2.07. The number of carbonyl (C=O) groups excluding carboxylic acids is 1.